The van der Waals surface area contributed by atoms with Gasteiger partial charge in [-0.2, -0.15) is 22.3 Å². The van der Waals surface area contributed by atoms with Gasteiger partial charge in [-0.25, -0.2) is 4.79 Å². The zero-order chi connectivity index (χ0) is 20.0. The van der Waals surface area contributed by atoms with Gasteiger partial charge in [0.25, 0.3) is 10.2 Å². The molecule has 0 radical (unpaired) electrons. The zero-order valence-corrected chi connectivity index (χ0v) is 16.9. The number of carbonyl (C=O) groups is 1. The highest BCUT2D eigenvalue weighted by Crippen LogP contribution is 2.29. The van der Waals surface area contributed by atoms with Crippen LogP contribution in [-0.2, 0) is 19.7 Å². The van der Waals surface area contributed by atoms with E-state index in [0.29, 0.717) is 23.7 Å². The highest BCUT2D eigenvalue weighted by atomic mass is 35.5. The van der Waals surface area contributed by atoms with Gasteiger partial charge in [0, 0.05) is 51.2 Å². The number of ether oxygens (including phenoxy) is 1. The van der Waals surface area contributed by atoms with Gasteiger partial charge in [0.05, 0.1) is 13.2 Å². The lowest BCUT2D eigenvalue weighted by Crippen LogP contribution is -2.54. The Balaban J connectivity index is 2.13. The molecule has 27 heavy (non-hydrogen) atoms. The number of nitrogens with zero attached hydrogens (tertiary/aromatic N) is 4. The number of hydrogen-bond acceptors (Lipinski definition) is 6. The number of carbonyl (C=O) groups excluding carboxylic acids is 1. The molecule has 2 rings (SSSR count). The second kappa shape index (κ2) is 9.48. The van der Waals surface area contributed by atoms with Crippen LogP contribution >= 0.6 is 11.6 Å². The summed E-state index contributed by atoms with van der Waals surface area (Å²) in [5.74, 6) is -0.439. The van der Waals surface area contributed by atoms with Gasteiger partial charge < -0.3 is 4.74 Å². The van der Waals surface area contributed by atoms with Crippen LogP contribution in [0, 0.1) is 11.3 Å². The average molecular weight is 415 g/mol. The standard InChI is InChI=1S/C17H23ClN4O4S/c1-20(9-5-8-19)27(24,25)22-12-10-21(11-13-22)16(17(23)26-2)14-6-3-4-7-15(14)18/h3-4,6-7,16H,5,9-13H2,1-2H3. The molecule has 1 atom stereocenters. The normalized spacial score (nSPS) is 17.4. The first-order chi connectivity index (χ1) is 12.8. The maximum atomic E-state index is 12.6. The van der Waals surface area contributed by atoms with Crippen molar-refractivity contribution in [3.05, 3.63) is 34.9 Å². The molecule has 1 aromatic rings. The molecule has 0 aromatic heterocycles. The first kappa shape index (κ1) is 21.6. The smallest absolute Gasteiger partial charge is 0.327 e. The summed E-state index contributed by atoms with van der Waals surface area (Å²) in [7, 11) is -0.860. The van der Waals surface area contributed by atoms with E-state index < -0.39 is 22.2 Å². The summed E-state index contributed by atoms with van der Waals surface area (Å²) in [6, 6.07) is 8.30. The molecule has 1 unspecified atom stereocenters. The molecule has 1 heterocycles. The molecule has 10 heteroatoms. The Hall–Kier alpha value is -1.70. The van der Waals surface area contributed by atoms with Gasteiger partial charge in [-0.15, -0.1) is 0 Å². The molecular formula is C17H23ClN4O4S. The van der Waals surface area contributed by atoms with Gasteiger partial charge in [0.1, 0.15) is 6.04 Å². The van der Waals surface area contributed by atoms with Crippen molar-refractivity contribution in [2.75, 3.05) is 46.9 Å². The molecule has 1 aliphatic rings. The molecule has 8 nitrogen and oxygen atoms in total. The first-order valence-electron chi connectivity index (χ1n) is 8.47. The molecule has 1 aliphatic heterocycles. The topological polar surface area (TPSA) is 93.9 Å². The summed E-state index contributed by atoms with van der Waals surface area (Å²) < 4.78 is 32.7. The highest BCUT2D eigenvalue weighted by Gasteiger charge is 2.36. The number of halogens is 1. The molecule has 0 saturated carbocycles. The van der Waals surface area contributed by atoms with Crippen LogP contribution in [0.4, 0.5) is 0 Å². The summed E-state index contributed by atoms with van der Waals surface area (Å²) in [5, 5.41) is 9.10. The van der Waals surface area contributed by atoms with Crippen molar-refractivity contribution in [2.24, 2.45) is 0 Å². The number of nitriles is 1. The highest BCUT2D eigenvalue weighted by molar-refractivity contribution is 7.86. The first-order valence-corrected chi connectivity index (χ1v) is 10.2. The van der Waals surface area contributed by atoms with Gasteiger partial charge in [0.15, 0.2) is 0 Å². The lowest BCUT2D eigenvalue weighted by molar-refractivity contribution is -0.147. The number of rotatable bonds is 7. The Morgan fingerprint density at radius 2 is 1.96 bits per heavy atom. The van der Waals surface area contributed by atoms with Crippen LogP contribution < -0.4 is 0 Å². The Morgan fingerprint density at radius 1 is 1.33 bits per heavy atom. The number of esters is 1. The van der Waals surface area contributed by atoms with E-state index >= 15 is 0 Å². The van der Waals surface area contributed by atoms with E-state index in [0.717, 1.165) is 0 Å². The monoisotopic (exact) mass is 414 g/mol. The van der Waals surface area contributed by atoms with Crippen molar-refractivity contribution >= 4 is 27.8 Å². The minimum Gasteiger partial charge on any atom is -0.468 e. The van der Waals surface area contributed by atoms with Gasteiger partial charge in [-0.05, 0) is 11.6 Å². The van der Waals surface area contributed by atoms with E-state index in [1.807, 2.05) is 11.0 Å². The van der Waals surface area contributed by atoms with Crippen molar-refractivity contribution < 1.29 is 17.9 Å². The number of hydrogen-bond donors (Lipinski definition) is 0. The van der Waals surface area contributed by atoms with Gasteiger partial charge in [-0.3, -0.25) is 4.90 Å². The third kappa shape index (κ3) is 4.97. The van der Waals surface area contributed by atoms with Gasteiger partial charge >= 0.3 is 5.97 Å². The Bertz CT molecular complexity index is 803. The largest absolute Gasteiger partial charge is 0.468 e. The number of piperazine rings is 1. The second-order valence-corrected chi connectivity index (χ2v) is 8.56. The quantitative estimate of drug-likeness (QED) is 0.623. The molecule has 0 aliphatic carbocycles. The SMILES string of the molecule is COC(=O)C(c1ccccc1Cl)N1CCN(S(=O)(=O)N(C)CCC#N)CC1. The lowest BCUT2D eigenvalue weighted by atomic mass is 10.0. The molecular weight excluding hydrogens is 392 g/mol. The van der Waals surface area contributed by atoms with Crippen LogP contribution in [0.5, 0.6) is 0 Å². The molecule has 148 valence electrons. The van der Waals surface area contributed by atoms with Crippen LogP contribution in [-0.4, -0.2) is 74.8 Å². The van der Waals surface area contributed by atoms with E-state index in [1.54, 1.807) is 24.3 Å². The fourth-order valence-corrected chi connectivity index (χ4v) is 4.57. The lowest BCUT2D eigenvalue weighted by Gasteiger charge is -2.38. The van der Waals surface area contributed by atoms with Gasteiger partial charge in [-0.1, -0.05) is 29.8 Å². The number of benzene rings is 1. The van der Waals surface area contributed by atoms with E-state index in [-0.39, 0.29) is 26.1 Å². The Labute approximate surface area is 165 Å². The molecule has 0 spiro atoms. The predicted molar refractivity (Wildman–Crippen MR) is 101 cm³/mol. The van der Waals surface area contributed by atoms with E-state index in [4.69, 9.17) is 21.6 Å². The van der Waals surface area contributed by atoms with E-state index in [2.05, 4.69) is 0 Å². The summed E-state index contributed by atoms with van der Waals surface area (Å²) in [6.45, 7) is 1.32. The van der Waals surface area contributed by atoms with Crippen LogP contribution in [0.25, 0.3) is 0 Å². The molecule has 0 N–H and O–H groups in total. The second-order valence-electron chi connectivity index (χ2n) is 6.12. The summed E-state index contributed by atoms with van der Waals surface area (Å²) in [5.41, 5.74) is 0.633. The Kier molecular flexibility index (Phi) is 7.59. The number of methoxy groups -OCH3 is 1. The predicted octanol–water partition coefficient (Wildman–Crippen LogP) is 1.26. The molecule has 1 fully saturated rings. The molecule has 1 saturated heterocycles. The van der Waals surface area contributed by atoms with Crippen LogP contribution in [0.2, 0.25) is 5.02 Å². The average Bonchev–Trinajstić information content (AvgIpc) is 2.67. The summed E-state index contributed by atoms with van der Waals surface area (Å²) in [6.07, 6.45) is 0.132. The maximum absolute atomic E-state index is 12.6. The van der Waals surface area contributed by atoms with Gasteiger partial charge in [0.2, 0.25) is 0 Å². The summed E-state index contributed by atoms with van der Waals surface area (Å²) >= 11 is 6.26. The third-order valence-corrected chi connectivity index (χ3v) is 6.85. The van der Waals surface area contributed by atoms with Crippen LogP contribution in [0.3, 0.4) is 0 Å². The molecule has 1 aromatic carbocycles. The fourth-order valence-electron chi connectivity index (χ4n) is 2.99. The van der Waals surface area contributed by atoms with Crippen LogP contribution in [0.15, 0.2) is 24.3 Å². The molecule has 0 bridgehead atoms. The minimum atomic E-state index is -3.64. The van der Waals surface area contributed by atoms with E-state index in [9.17, 15) is 13.2 Å². The van der Waals surface area contributed by atoms with Crippen molar-refractivity contribution in [3.63, 3.8) is 0 Å². The molecule has 0 amide bonds. The van der Waals surface area contributed by atoms with E-state index in [1.165, 1.54) is 22.8 Å². The minimum absolute atomic E-state index is 0.132. The summed E-state index contributed by atoms with van der Waals surface area (Å²) in [4.78, 5) is 14.2. The fraction of sp³-hybridized carbons (Fsp3) is 0.529. The van der Waals surface area contributed by atoms with Crippen molar-refractivity contribution in [2.45, 2.75) is 12.5 Å². The van der Waals surface area contributed by atoms with Crippen molar-refractivity contribution in [1.29, 1.82) is 5.26 Å². The van der Waals surface area contributed by atoms with Crippen molar-refractivity contribution in [1.82, 2.24) is 13.5 Å². The van der Waals surface area contributed by atoms with Crippen LogP contribution in [0.1, 0.15) is 18.0 Å². The maximum Gasteiger partial charge on any atom is 0.327 e. The van der Waals surface area contributed by atoms with Crippen molar-refractivity contribution in [3.8, 4) is 6.07 Å². The third-order valence-electron chi connectivity index (χ3n) is 4.52. The Morgan fingerprint density at radius 3 is 2.52 bits per heavy atom. The zero-order valence-electron chi connectivity index (χ0n) is 15.3.